The average molecular weight is 242 g/mol. The van der Waals surface area contributed by atoms with E-state index in [9.17, 15) is 5.11 Å². The minimum atomic E-state index is -0.353. The van der Waals surface area contributed by atoms with Gasteiger partial charge < -0.3 is 9.67 Å². The minimum Gasteiger partial charge on any atom is -0.388 e. The van der Waals surface area contributed by atoms with Crippen LogP contribution in [-0.4, -0.2) is 14.7 Å². The molecule has 1 unspecified atom stereocenters. The van der Waals surface area contributed by atoms with Gasteiger partial charge in [-0.05, 0) is 36.5 Å². The molecule has 0 aromatic carbocycles. The van der Waals surface area contributed by atoms with E-state index in [1.54, 1.807) is 6.20 Å². The zero-order valence-corrected chi connectivity index (χ0v) is 10.8. The van der Waals surface area contributed by atoms with Gasteiger partial charge >= 0.3 is 0 Å². The van der Waals surface area contributed by atoms with Crippen LogP contribution in [0.25, 0.3) is 5.82 Å². The third-order valence-electron chi connectivity index (χ3n) is 3.67. The first kappa shape index (κ1) is 11.5. The van der Waals surface area contributed by atoms with Crippen LogP contribution in [0.4, 0.5) is 0 Å². The Labute approximate surface area is 107 Å². The number of aromatic nitrogens is 2. The molecule has 0 saturated heterocycles. The summed E-state index contributed by atoms with van der Waals surface area (Å²) in [5, 5.41) is 10.2. The van der Waals surface area contributed by atoms with Gasteiger partial charge in [0.2, 0.25) is 0 Å². The summed E-state index contributed by atoms with van der Waals surface area (Å²) in [5.74, 6) is 0.920. The first-order chi connectivity index (χ1) is 8.57. The average Bonchev–Trinajstić information content (AvgIpc) is 2.72. The molecule has 0 radical (unpaired) electrons. The van der Waals surface area contributed by atoms with Crippen molar-refractivity contribution in [3.05, 3.63) is 47.9 Å². The topological polar surface area (TPSA) is 38.0 Å². The Hall–Kier alpha value is -1.61. The molecule has 1 aliphatic carbocycles. The third kappa shape index (κ3) is 1.85. The maximum atomic E-state index is 10.2. The van der Waals surface area contributed by atoms with Crippen molar-refractivity contribution in [3.63, 3.8) is 0 Å². The van der Waals surface area contributed by atoms with E-state index >= 15 is 0 Å². The number of nitrogens with zero attached hydrogens (tertiary/aromatic N) is 2. The van der Waals surface area contributed by atoms with E-state index < -0.39 is 0 Å². The lowest BCUT2D eigenvalue weighted by Gasteiger charge is -2.33. The van der Waals surface area contributed by atoms with Crippen molar-refractivity contribution in [2.24, 2.45) is 5.41 Å². The first-order valence-corrected chi connectivity index (χ1v) is 6.36. The molecule has 0 amide bonds. The quantitative estimate of drug-likeness (QED) is 0.835. The molecule has 0 bridgehead atoms. The summed E-state index contributed by atoms with van der Waals surface area (Å²) in [6, 6.07) is 7.91. The lowest BCUT2D eigenvalue weighted by molar-refractivity contribution is 0.0986. The van der Waals surface area contributed by atoms with Gasteiger partial charge in [-0.25, -0.2) is 4.98 Å². The molecule has 0 fully saturated rings. The number of hydrogen-bond acceptors (Lipinski definition) is 2. The molecule has 2 aromatic heterocycles. The van der Waals surface area contributed by atoms with Crippen molar-refractivity contribution in [2.75, 3.05) is 0 Å². The van der Waals surface area contributed by atoms with E-state index in [-0.39, 0.29) is 11.5 Å². The van der Waals surface area contributed by atoms with Gasteiger partial charge in [-0.3, -0.25) is 0 Å². The van der Waals surface area contributed by atoms with Gasteiger partial charge in [0.05, 0.1) is 6.10 Å². The summed E-state index contributed by atoms with van der Waals surface area (Å²) >= 11 is 0. The van der Waals surface area contributed by atoms with Crippen molar-refractivity contribution in [1.29, 1.82) is 0 Å². The van der Waals surface area contributed by atoms with E-state index in [1.807, 2.05) is 30.5 Å². The van der Waals surface area contributed by atoms with Gasteiger partial charge in [-0.2, -0.15) is 0 Å². The molecule has 2 heterocycles. The Balaban J connectivity index is 2.10. The second-order valence-electron chi connectivity index (χ2n) is 5.84. The Morgan fingerprint density at radius 3 is 2.89 bits per heavy atom. The number of aliphatic hydroxyl groups excluding tert-OH is 1. The zero-order chi connectivity index (χ0) is 12.8. The maximum Gasteiger partial charge on any atom is 0.136 e. The highest BCUT2D eigenvalue weighted by atomic mass is 16.3. The first-order valence-electron chi connectivity index (χ1n) is 6.36. The fourth-order valence-corrected chi connectivity index (χ4v) is 2.84. The third-order valence-corrected chi connectivity index (χ3v) is 3.67. The predicted molar refractivity (Wildman–Crippen MR) is 70.6 cm³/mol. The van der Waals surface area contributed by atoms with Gasteiger partial charge in [0.1, 0.15) is 5.82 Å². The smallest absolute Gasteiger partial charge is 0.136 e. The summed E-state index contributed by atoms with van der Waals surface area (Å²) in [6.07, 6.45) is 5.26. The Kier molecular flexibility index (Phi) is 2.52. The molecule has 0 aliphatic heterocycles. The van der Waals surface area contributed by atoms with Crippen LogP contribution in [0, 0.1) is 5.41 Å². The molecule has 18 heavy (non-hydrogen) atoms. The Morgan fingerprint density at radius 1 is 1.33 bits per heavy atom. The summed E-state index contributed by atoms with van der Waals surface area (Å²) in [4.78, 5) is 4.38. The van der Waals surface area contributed by atoms with Crippen LogP contribution in [0.2, 0.25) is 0 Å². The van der Waals surface area contributed by atoms with Gasteiger partial charge in [0.15, 0.2) is 0 Å². The molecule has 1 N–H and O–H groups in total. The van der Waals surface area contributed by atoms with Crippen molar-refractivity contribution < 1.29 is 5.11 Å². The van der Waals surface area contributed by atoms with Gasteiger partial charge in [-0.1, -0.05) is 19.9 Å². The molecule has 94 valence electrons. The second kappa shape index (κ2) is 3.95. The van der Waals surface area contributed by atoms with E-state index in [0.29, 0.717) is 0 Å². The monoisotopic (exact) mass is 242 g/mol. The molecular weight excluding hydrogens is 224 g/mol. The molecule has 1 aliphatic rings. The summed E-state index contributed by atoms with van der Waals surface area (Å²) in [5.41, 5.74) is 2.38. The molecule has 2 aromatic rings. The largest absolute Gasteiger partial charge is 0.388 e. The van der Waals surface area contributed by atoms with Crippen molar-refractivity contribution in [3.8, 4) is 5.82 Å². The number of pyridine rings is 1. The van der Waals surface area contributed by atoms with E-state index in [1.165, 1.54) is 5.69 Å². The highest BCUT2D eigenvalue weighted by Crippen LogP contribution is 2.41. The molecule has 1 atom stereocenters. The fraction of sp³-hybridized carbons (Fsp3) is 0.400. The van der Waals surface area contributed by atoms with Crippen LogP contribution in [0.3, 0.4) is 0 Å². The molecule has 3 nitrogen and oxygen atoms in total. The zero-order valence-electron chi connectivity index (χ0n) is 10.8. The second-order valence-corrected chi connectivity index (χ2v) is 5.84. The lowest BCUT2D eigenvalue weighted by Crippen LogP contribution is -2.26. The van der Waals surface area contributed by atoms with Crippen LogP contribution in [0.15, 0.2) is 36.7 Å². The highest BCUT2D eigenvalue weighted by molar-refractivity contribution is 5.36. The standard InChI is InChI=1S/C15H18N2O/c1-15(2)9-12-11(13(18)10-15)6-8-17(12)14-5-3-4-7-16-14/h3-8,13,18H,9-10H2,1-2H3. The lowest BCUT2D eigenvalue weighted by atomic mass is 9.75. The van der Waals surface area contributed by atoms with Crippen molar-refractivity contribution in [1.82, 2.24) is 9.55 Å². The van der Waals surface area contributed by atoms with Gasteiger partial charge in [0.25, 0.3) is 0 Å². The van der Waals surface area contributed by atoms with E-state index in [2.05, 4.69) is 23.4 Å². The normalized spacial score (nSPS) is 21.6. The number of hydrogen-bond donors (Lipinski definition) is 1. The van der Waals surface area contributed by atoms with Gasteiger partial charge in [0, 0.05) is 23.7 Å². The number of fused-ring (bicyclic) bond motifs is 1. The highest BCUT2D eigenvalue weighted by Gasteiger charge is 2.33. The SMILES string of the molecule is CC1(C)Cc2c(ccn2-c2ccccn2)C(O)C1. The van der Waals surface area contributed by atoms with Crippen molar-refractivity contribution in [2.45, 2.75) is 32.8 Å². The fourth-order valence-electron chi connectivity index (χ4n) is 2.84. The van der Waals surface area contributed by atoms with E-state index in [4.69, 9.17) is 0 Å². The molecule has 3 heteroatoms. The molecule has 3 rings (SSSR count). The molecular formula is C15H18N2O. The van der Waals surface area contributed by atoms with Crippen LogP contribution < -0.4 is 0 Å². The molecule has 0 spiro atoms. The van der Waals surface area contributed by atoms with Gasteiger partial charge in [-0.15, -0.1) is 0 Å². The summed E-state index contributed by atoms with van der Waals surface area (Å²) < 4.78 is 2.10. The Morgan fingerprint density at radius 2 is 2.17 bits per heavy atom. The van der Waals surface area contributed by atoms with E-state index in [0.717, 1.165) is 24.2 Å². The maximum absolute atomic E-state index is 10.2. The van der Waals surface area contributed by atoms with Crippen molar-refractivity contribution >= 4 is 0 Å². The number of aliphatic hydroxyl groups is 1. The van der Waals surface area contributed by atoms with Crippen LogP contribution in [0.1, 0.15) is 37.6 Å². The minimum absolute atomic E-state index is 0.136. The summed E-state index contributed by atoms with van der Waals surface area (Å²) in [7, 11) is 0. The van der Waals surface area contributed by atoms with Crippen LogP contribution >= 0.6 is 0 Å². The predicted octanol–water partition coefficient (Wildman–Crippen LogP) is 2.88. The molecule has 0 saturated carbocycles. The van der Waals surface area contributed by atoms with Crippen LogP contribution in [0.5, 0.6) is 0 Å². The Bertz CT molecular complexity index is 557. The summed E-state index contributed by atoms with van der Waals surface area (Å²) in [6.45, 7) is 4.41. The number of rotatable bonds is 1. The van der Waals surface area contributed by atoms with Crippen LogP contribution in [-0.2, 0) is 6.42 Å².